The predicted octanol–water partition coefficient (Wildman–Crippen LogP) is 2.16. The molecule has 2 heterocycles. The zero-order valence-corrected chi connectivity index (χ0v) is 12.7. The van der Waals surface area contributed by atoms with Crippen LogP contribution in [0, 0.1) is 0 Å². The molecular weight excluding hydrogens is 260 g/mol. The fraction of sp³-hybridized carbons (Fsp3) is 0.353. The number of fused-ring (bicyclic) bond motifs is 1. The number of nitrogens with zero attached hydrogens (tertiary/aromatic N) is 3. The average molecular weight is 282 g/mol. The highest BCUT2D eigenvalue weighted by molar-refractivity contribution is 5.58. The van der Waals surface area contributed by atoms with Crippen molar-refractivity contribution in [3.63, 3.8) is 0 Å². The number of anilines is 1. The number of hydrogen-bond acceptors (Lipinski definition) is 4. The first-order valence-corrected chi connectivity index (χ1v) is 7.33. The molecular formula is C17H22N4. The normalized spacial score (nSPS) is 17.8. The number of nitrogens with two attached hydrogens (primary N) is 1. The van der Waals surface area contributed by atoms with Crippen LogP contribution in [-0.4, -0.2) is 30.5 Å². The maximum absolute atomic E-state index is 6.05. The molecule has 4 heteroatoms. The van der Waals surface area contributed by atoms with Gasteiger partial charge in [0.2, 0.25) is 0 Å². The standard InChI is InChI=1S/C17H22N4/c1-20(2)16-7-3-6-14-15(16)12-21(17(14)9-18)11-13-5-4-8-19-10-13/h3-8,10,17H,9,11-12,18H2,1-2H3. The third-order valence-electron chi connectivity index (χ3n) is 4.16. The van der Waals surface area contributed by atoms with E-state index in [1.165, 1.54) is 22.4 Å². The molecule has 1 aromatic carbocycles. The van der Waals surface area contributed by atoms with Crippen LogP contribution < -0.4 is 10.6 Å². The third kappa shape index (κ3) is 2.64. The van der Waals surface area contributed by atoms with E-state index in [9.17, 15) is 0 Å². The van der Waals surface area contributed by atoms with Crippen molar-refractivity contribution >= 4 is 5.69 Å². The fourth-order valence-corrected chi connectivity index (χ4v) is 3.17. The molecule has 1 unspecified atom stereocenters. The van der Waals surface area contributed by atoms with E-state index in [-0.39, 0.29) is 0 Å². The quantitative estimate of drug-likeness (QED) is 0.933. The van der Waals surface area contributed by atoms with Gasteiger partial charge in [0.15, 0.2) is 0 Å². The summed E-state index contributed by atoms with van der Waals surface area (Å²) >= 11 is 0. The Labute approximate surface area is 126 Å². The summed E-state index contributed by atoms with van der Waals surface area (Å²) in [5.74, 6) is 0. The van der Waals surface area contributed by atoms with Gasteiger partial charge in [0, 0.05) is 57.9 Å². The van der Waals surface area contributed by atoms with Gasteiger partial charge in [0.05, 0.1) is 0 Å². The van der Waals surface area contributed by atoms with E-state index in [4.69, 9.17) is 5.73 Å². The maximum Gasteiger partial charge on any atom is 0.0481 e. The van der Waals surface area contributed by atoms with Crippen LogP contribution in [0.3, 0.4) is 0 Å². The summed E-state index contributed by atoms with van der Waals surface area (Å²) in [5, 5.41) is 0. The number of rotatable bonds is 4. The summed E-state index contributed by atoms with van der Waals surface area (Å²) in [6, 6.07) is 10.9. The van der Waals surface area contributed by atoms with Gasteiger partial charge in [-0.05, 0) is 28.8 Å². The summed E-state index contributed by atoms with van der Waals surface area (Å²) in [7, 11) is 4.19. The van der Waals surface area contributed by atoms with Crippen molar-refractivity contribution in [1.29, 1.82) is 0 Å². The monoisotopic (exact) mass is 282 g/mol. The Morgan fingerprint density at radius 2 is 2.14 bits per heavy atom. The van der Waals surface area contributed by atoms with Crippen LogP contribution in [0.1, 0.15) is 22.7 Å². The Morgan fingerprint density at radius 3 is 2.81 bits per heavy atom. The van der Waals surface area contributed by atoms with Crippen molar-refractivity contribution in [2.45, 2.75) is 19.1 Å². The molecule has 2 N–H and O–H groups in total. The molecule has 0 saturated carbocycles. The van der Waals surface area contributed by atoms with Gasteiger partial charge in [-0.2, -0.15) is 0 Å². The van der Waals surface area contributed by atoms with E-state index in [0.717, 1.165) is 13.1 Å². The molecule has 3 rings (SSSR count). The molecule has 0 amide bonds. The molecule has 0 spiro atoms. The molecule has 1 atom stereocenters. The predicted molar refractivity (Wildman–Crippen MR) is 86.0 cm³/mol. The molecule has 0 fully saturated rings. The molecule has 4 nitrogen and oxygen atoms in total. The second kappa shape index (κ2) is 5.84. The smallest absolute Gasteiger partial charge is 0.0481 e. The Bertz CT molecular complexity index is 609. The van der Waals surface area contributed by atoms with Crippen LogP contribution in [0.15, 0.2) is 42.7 Å². The molecule has 110 valence electrons. The van der Waals surface area contributed by atoms with Crippen LogP contribution in [-0.2, 0) is 13.1 Å². The Hall–Kier alpha value is -1.91. The minimum atomic E-state index is 0.292. The SMILES string of the molecule is CN(C)c1cccc2c1CN(Cc1cccnc1)C2CN. The minimum absolute atomic E-state index is 0.292. The number of pyridine rings is 1. The van der Waals surface area contributed by atoms with Gasteiger partial charge in [0.25, 0.3) is 0 Å². The Kier molecular flexibility index (Phi) is 3.90. The van der Waals surface area contributed by atoms with Crippen LogP contribution in [0.5, 0.6) is 0 Å². The van der Waals surface area contributed by atoms with Gasteiger partial charge in [-0.25, -0.2) is 0 Å². The van der Waals surface area contributed by atoms with Crippen molar-refractivity contribution in [1.82, 2.24) is 9.88 Å². The van der Waals surface area contributed by atoms with E-state index in [1.54, 1.807) is 0 Å². The number of benzene rings is 1. The van der Waals surface area contributed by atoms with Crippen LogP contribution >= 0.6 is 0 Å². The van der Waals surface area contributed by atoms with Gasteiger partial charge in [0.1, 0.15) is 0 Å². The minimum Gasteiger partial charge on any atom is -0.377 e. The molecule has 0 aliphatic carbocycles. The van der Waals surface area contributed by atoms with Crippen molar-refractivity contribution in [3.8, 4) is 0 Å². The van der Waals surface area contributed by atoms with Gasteiger partial charge in [-0.1, -0.05) is 18.2 Å². The first-order chi connectivity index (χ1) is 10.2. The lowest BCUT2D eigenvalue weighted by molar-refractivity contribution is 0.211. The zero-order chi connectivity index (χ0) is 14.8. The second-order valence-corrected chi connectivity index (χ2v) is 5.76. The highest BCUT2D eigenvalue weighted by atomic mass is 15.2. The summed E-state index contributed by atoms with van der Waals surface area (Å²) < 4.78 is 0. The van der Waals surface area contributed by atoms with Crippen LogP contribution in [0.25, 0.3) is 0 Å². The number of hydrogen-bond donors (Lipinski definition) is 1. The van der Waals surface area contributed by atoms with Gasteiger partial charge < -0.3 is 10.6 Å². The largest absolute Gasteiger partial charge is 0.377 e. The molecule has 0 radical (unpaired) electrons. The van der Waals surface area contributed by atoms with E-state index in [2.05, 4.69) is 53.1 Å². The number of aromatic nitrogens is 1. The first-order valence-electron chi connectivity index (χ1n) is 7.33. The zero-order valence-electron chi connectivity index (χ0n) is 12.7. The first kappa shape index (κ1) is 14.0. The summed E-state index contributed by atoms with van der Waals surface area (Å²) in [6.07, 6.45) is 3.75. The second-order valence-electron chi connectivity index (χ2n) is 5.76. The maximum atomic E-state index is 6.05. The average Bonchev–Trinajstić information content (AvgIpc) is 2.84. The molecule has 1 aliphatic rings. The molecule has 0 bridgehead atoms. The van der Waals surface area contributed by atoms with E-state index < -0.39 is 0 Å². The van der Waals surface area contributed by atoms with Crippen molar-refractivity contribution in [2.24, 2.45) is 5.73 Å². The Balaban J connectivity index is 1.90. The molecule has 0 saturated heterocycles. The van der Waals surface area contributed by atoms with Gasteiger partial charge >= 0.3 is 0 Å². The molecule has 21 heavy (non-hydrogen) atoms. The van der Waals surface area contributed by atoms with E-state index >= 15 is 0 Å². The van der Waals surface area contributed by atoms with E-state index in [1.807, 2.05) is 18.5 Å². The van der Waals surface area contributed by atoms with Crippen molar-refractivity contribution in [2.75, 3.05) is 25.5 Å². The summed E-state index contributed by atoms with van der Waals surface area (Å²) in [4.78, 5) is 8.83. The lowest BCUT2D eigenvalue weighted by Gasteiger charge is -2.23. The topological polar surface area (TPSA) is 45.4 Å². The summed E-state index contributed by atoms with van der Waals surface area (Å²) in [5.41, 5.74) is 11.3. The van der Waals surface area contributed by atoms with Gasteiger partial charge in [-0.15, -0.1) is 0 Å². The van der Waals surface area contributed by atoms with Crippen LogP contribution in [0.2, 0.25) is 0 Å². The lowest BCUT2D eigenvalue weighted by Crippen LogP contribution is -2.27. The van der Waals surface area contributed by atoms with E-state index in [0.29, 0.717) is 12.6 Å². The highest BCUT2D eigenvalue weighted by Gasteiger charge is 2.31. The molecule has 1 aliphatic heterocycles. The van der Waals surface area contributed by atoms with Gasteiger partial charge in [-0.3, -0.25) is 9.88 Å². The fourth-order valence-electron chi connectivity index (χ4n) is 3.17. The van der Waals surface area contributed by atoms with Crippen LogP contribution in [0.4, 0.5) is 5.69 Å². The summed E-state index contributed by atoms with van der Waals surface area (Å²) in [6.45, 7) is 2.47. The highest BCUT2D eigenvalue weighted by Crippen LogP contribution is 2.38. The van der Waals surface area contributed by atoms with Crippen molar-refractivity contribution in [3.05, 3.63) is 59.4 Å². The lowest BCUT2D eigenvalue weighted by atomic mass is 10.0. The molecule has 1 aromatic heterocycles. The molecule has 2 aromatic rings. The Morgan fingerprint density at radius 1 is 1.29 bits per heavy atom. The third-order valence-corrected chi connectivity index (χ3v) is 4.16. The van der Waals surface area contributed by atoms with Crippen molar-refractivity contribution < 1.29 is 0 Å².